The Kier molecular flexibility index (Phi) is 11.4. The summed E-state index contributed by atoms with van der Waals surface area (Å²) in [5, 5.41) is 5.94. The maximum Gasteiger partial charge on any atom is 0.255 e. The summed E-state index contributed by atoms with van der Waals surface area (Å²) in [7, 11) is 1.54. The Bertz CT molecular complexity index is 1570. The molecule has 0 bridgehead atoms. The van der Waals surface area contributed by atoms with Crippen LogP contribution in [-0.4, -0.2) is 75.6 Å². The van der Waals surface area contributed by atoms with E-state index in [2.05, 4.69) is 15.6 Å². The van der Waals surface area contributed by atoms with Crippen LogP contribution >= 0.6 is 23.2 Å². The first kappa shape index (κ1) is 33.0. The molecule has 4 amide bonds. The molecule has 4 rings (SSSR count). The highest BCUT2D eigenvalue weighted by molar-refractivity contribution is 7.90. The van der Waals surface area contributed by atoms with E-state index in [1.807, 2.05) is 12.1 Å². The minimum atomic E-state index is -1.12. The van der Waals surface area contributed by atoms with Crippen LogP contribution in [-0.2, 0) is 43.2 Å². The van der Waals surface area contributed by atoms with Crippen LogP contribution in [0.15, 0.2) is 67.0 Å². The lowest BCUT2D eigenvalue weighted by Crippen LogP contribution is -2.34. The number of pyridine rings is 1. The van der Waals surface area contributed by atoms with Gasteiger partial charge in [0.25, 0.3) is 5.91 Å². The molecule has 2 atom stereocenters. The molecule has 230 valence electrons. The summed E-state index contributed by atoms with van der Waals surface area (Å²) in [5.74, 6) is -0.644. The number of likely N-dealkylation sites (N-methyl/N-ethyl adjacent to an activating group) is 1. The molecule has 0 fully saturated rings. The van der Waals surface area contributed by atoms with Crippen molar-refractivity contribution in [1.29, 1.82) is 0 Å². The number of aromatic nitrogens is 1. The smallest absolute Gasteiger partial charge is 0.255 e. The monoisotopic (exact) mass is 655 g/mol. The Labute approximate surface area is 268 Å². The van der Waals surface area contributed by atoms with Crippen LogP contribution in [0.5, 0.6) is 0 Å². The summed E-state index contributed by atoms with van der Waals surface area (Å²) in [6.45, 7) is -0.198. The Morgan fingerprint density at radius 2 is 1.84 bits per heavy atom. The van der Waals surface area contributed by atoms with Gasteiger partial charge in [0.1, 0.15) is 18.1 Å². The van der Waals surface area contributed by atoms with Crippen molar-refractivity contribution in [1.82, 2.24) is 14.8 Å². The molecule has 1 aliphatic carbocycles. The fraction of sp³-hybridized carbons (Fsp3) is 0.258. The highest BCUT2D eigenvalue weighted by Crippen LogP contribution is 2.32. The zero-order valence-corrected chi connectivity index (χ0v) is 26.4. The first-order chi connectivity index (χ1) is 21.0. The summed E-state index contributed by atoms with van der Waals surface area (Å²) < 4.78 is 11.6. The highest BCUT2D eigenvalue weighted by atomic mass is 35.5. The van der Waals surface area contributed by atoms with Gasteiger partial charge in [-0.25, -0.2) is 4.98 Å². The fourth-order valence-electron chi connectivity index (χ4n) is 4.72. The zero-order valence-electron chi connectivity index (χ0n) is 24.1. The minimum absolute atomic E-state index is 0.0364. The van der Waals surface area contributed by atoms with Crippen molar-refractivity contribution in [3.63, 3.8) is 0 Å². The third-order valence-electron chi connectivity index (χ3n) is 7.00. The molecule has 0 saturated heterocycles. The summed E-state index contributed by atoms with van der Waals surface area (Å²) in [5.41, 5.74) is 2.78. The zero-order chi connectivity index (χ0) is 31.8. The van der Waals surface area contributed by atoms with Gasteiger partial charge in [0.15, 0.2) is 0 Å². The lowest BCUT2D eigenvalue weighted by Gasteiger charge is -2.22. The van der Waals surface area contributed by atoms with Crippen molar-refractivity contribution < 1.29 is 23.7 Å². The lowest BCUT2D eigenvalue weighted by atomic mass is 10.1. The second kappa shape index (κ2) is 15.2. The third-order valence-corrected chi connectivity index (χ3v) is 8.58. The summed E-state index contributed by atoms with van der Waals surface area (Å²) >= 11 is 11.5. The van der Waals surface area contributed by atoms with Gasteiger partial charge in [-0.3, -0.25) is 19.2 Å². The van der Waals surface area contributed by atoms with Gasteiger partial charge in [0.05, 0.1) is 28.4 Å². The molecule has 2 unspecified atom stereocenters. The topological polar surface area (TPSA) is 135 Å². The molecule has 0 spiro atoms. The van der Waals surface area contributed by atoms with Crippen LogP contribution < -0.4 is 10.6 Å². The Morgan fingerprint density at radius 1 is 1.07 bits per heavy atom. The molecule has 2 N–H and O–H groups in total. The van der Waals surface area contributed by atoms with E-state index in [1.165, 1.54) is 17.4 Å². The molecule has 10 nitrogen and oxygen atoms in total. The molecule has 0 radical (unpaired) electrons. The SMILES string of the molecule is CN(CC[S+](C)[O-])C(=O)/C(=C\N(C=O)CC(=O)Nc1ccc2c(c1)CC(C(=O)Nc1ccccn1)C2)c1cccc(Cl)c1Cl. The van der Waals surface area contributed by atoms with Gasteiger partial charge < -0.3 is 25.0 Å². The number of fused-ring (bicyclic) bond motifs is 1. The van der Waals surface area contributed by atoms with Crippen LogP contribution in [0.25, 0.3) is 5.57 Å². The predicted octanol–water partition coefficient (Wildman–Crippen LogP) is 4.02. The number of anilines is 2. The van der Waals surface area contributed by atoms with Crippen molar-refractivity contribution in [2.45, 2.75) is 12.8 Å². The highest BCUT2D eigenvalue weighted by Gasteiger charge is 2.28. The number of rotatable bonds is 12. The number of nitrogens with one attached hydrogen (secondary N) is 2. The van der Waals surface area contributed by atoms with Gasteiger partial charge in [0.2, 0.25) is 18.2 Å². The van der Waals surface area contributed by atoms with Crippen molar-refractivity contribution in [2.24, 2.45) is 5.92 Å². The molecule has 44 heavy (non-hydrogen) atoms. The van der Waals surface area contributed by atoms with Gasteiger partial charge in [-0.2, -0.15) is 0 Å². The maximum atomic E-state index is 13.4. The van der Waals surface area contributed by atoms with E-state index in [1.54, 1.807) is 55.7 Å². The molecule has 3 aromatic rings. The van der Waals surface area contributed by atoms with Gasteiger partial charge in [-0.05, 0) is 54.3 Å². The van der Waals surface area contributed by atoms with Crippen LogP contribution in [0, 0.1) is 5.92 Å². The van der Waals surface area contributed by atoms with Crippen molar-refractivity contribution in [3.8, 4) is 0 Å². The van der Waals surface area contributed by atoms with E-state index in [9.17, 15) is 23.7 Å². The molecular weight excluding hydrogens is 625 g/mol. The number of carbonyl (C=O) groups is 4. The van der Waals surface area contributed by atoms with Crippen molar-refractivity contribution in [3.05, 3.63) is 93.7 Å². The second-order valence-electron chi connectivity index (χ2n) is 10.3. The van der Waals surface area contributed by atoms with E-state index in [0.717, 1.165) is 16.0 Å². The summed E-state index contributed by atoms with van der Waals surface area (Å²) in [6.07, 6.45) is 5.90. The van der Waals surface area contributed by atoms with E-state index in [-0.39, 0.29) is 45.3 Å². The quantitative estimate of drug-likeness (QED) is 0.172. The average Bonchev–Trinajstić information content (AvgIpc) is 3.43. The standard InChI is InChI=1S/C31H31Cl2N5O5S/c1-37(12-13-44(2)43)31(42)25(24-6-5-7-26(32)29(24)33)17-38(19-39)18-28(40)35-23-10-9-20-14-22(15-21(20)16-23)30(41)36-27-8-3-4-11-34-27/h3-11,16-17,19,22H,12-15,18H2,1-2H3,(H,35,40)(H,34,36,41)/b25-17-. The predicted molar refractivity (Wildman–Crippen MR) is 173 cm³/mol. The second-order valence-corrected chi connectivity index (χ2v) is 12.6. The normalized spacial score (nSPS) is 14.8. The number of nitrogens with zero attached hydrogens (tertiary/aromatic N) is 3. The number of hydrogen-bond donors (Lipinski definition) is 2. The van der Waals surface area contributed by atoms with Gasteiger partial charge in [0, 0.05) is 36.6 Å². The van der Waals surface area contributed by atoms with Crippen LogP contribution in [0.1, 0.15) is 16.7 Å². The molecule has 13 heteroatoms. The van der Waals surface area contributed by atoms with Crippen LogP contribution in [0.2, 0.25) is 10.0 Å². The molecule has 1 aromatic heterocycles. The number of amides is 4. The minimum Gasteiger partial charge on any atom is -0.617 e. The largest absolute Gasteiger partial charge is 0.617 e. The first-order valence-electron chi connectivity index (χ1n) is 13.6. The number of benzene rings is 2. The Morgan fingerprint density at radius 3 is 2.55 bits per heavy atom. The van der Waals surface area contributed by atoms with Gasteiger partial charge >= 0.3 is 0 Å². The Hall–Kier alpha value is -3.90. The molecule has 2 aromatic carbocycles. The third kappa shape index (κ3) is 8.60. The summed E-state index contributed by atoms with van der Waals surface area (Å²) in [4.78, 5) is 57.7. The first-order valence-corrected chi connectivity index (χ1v) is 16.1. The Balaban J connectivity index is 1.46. The fourth-order valence-corrected chi connectivity index (χ4v) is 5.65. The number of hydrogen-bond acceptors (Lipinski definition) is 6. The van der Waals surface area contributed by atoms with Crippen LogP contribution in [0.3, 0.4) is 0 Å². The molecule has 1 heterocycles. The lowest BCUT2D eigenvalue weighted by molar-refractivity contribution is -0.124. The number of carbonyl (C=O) groups excluding carboxylic acids is 4. The average molecular weight is 657 g/mol. The molecular formula is C31H31Cl2N5O5S. The van der Waals surface area contributed by atoms with Crippen molar-refractivity contribution in [2.75, 3.05) is 42.8 Å². The van der Waals surface area contributed by atoms with E-state index >= 15 is 0 Å². The van der Waals surface area contributed by atoms with Gasteiger partial charge in [-0.15, -0.1) is 0 Å². The van der Waals surface area contributed by atoms with Gasteiger partial charge in [-0.1, -0.05) is 58.6 Å². The number of halogens is 2. The van der Waals surface area contributed by atoms with Crippen LogP contribution in [0.4, 0.5) is 11.5 Å². The van der Waals surface area contributed by atoms with Crippen molar-refractivity contribution >= 4 is 75.6 Å². The van der Waals surface area contributed by atoms with E-state index in [0.29, 0.717) is 30.8 Å². The molecule has 0 aliphatic heterocycles. The molecule has 0 saturated carbocycles. The van der Waals surface area contributed by atoms with E-state index < -0.39 is 29.5 Å². The summed E-state index contributed by atoms with van der Waals surface area (Å²) in [6, 6.07) is 15.5. The maximum absolute atomic E-state index is 13.4. The van der Waals surface area contributed by atoms with E-state index in [4.69, 9.17) is 23.2 Å². The molecule has 1 aliphatic rings.